The number of hydrogen-bond donors (Lipinski definition) is 0. The van der Waals surface area contributed by atoms with Crippen LogP contribution >= 0.6 is 0 Å². The van der Waals surface area contributed by atoms with Crippen molar-refractivity contribution in [2.75, 3.05) is 6.61 Å². The van der Waals surface area contributed by atoms with Crippen molar-refractivity contribution in [2.24, 2.45) is 11.3 Å². The second-order valence-electron chi connectivity index (χ2n) is 4.29. The van der Waals surface area contributed by atoms with Gasteiger partial charge in [-0.25, -0.2) is 0 Å². The lowest BCUT2D eigenvalue weighted by Gasteiger charge is -2.12. The minimum Gasteiger partial charge on any atom is -0.465 e. The number of hydrogen-bond acceptors (Lipinski definition) is 3. The Morgan fingerprint density at radius 2 is 2.07 bits per heavy atom. The minimum absolute atomic E-state index is 0.0259. The Hall–Kier alpha value is -0.860. The van der Waals surface area contributed by atoms with Crippen LogP contribution in [0.5, 0.6) is 0 Å². The van der Waals surface area contributed by atoms with Gasteiger partial charge in [0, 0.05) is 0 Å². The molecule has 0 aliphatic heterocycles. The van der Waals surface area contributed by atoms with Crippen molar-refractivity contribution in [2.45, 2.75) is 46.5 Å². The highest BCUT2D eigenvalue weighted by molar-refractivity contribution is 6.06. The molecule has 0 amide bonds. The molecule has 3 nitrogen and oxygen atoms in total. The topological polar surface area (TPSA) is 43.4 Å². The maximum Gasteiger partial charge on any atom is 0.319 e. The van der Waals surface area contributed by atoms with E-state index in [-0.39, 0.29) is 17.7 Å². The molecule has 1 aliphatic rings. The third kappa shape index (κ3) is 2.21. The van der Waals surface area contributed by atoms with Crippen molar-refractivity contribution in [3.05, 3.63) is 0 Å². The van der Waals surface area contributed by atoms with Crippen LogP contribution in [0.3, 0.4) is 0 Å². The Bertz CT molecular complexity index is 260. The highest BCUT2D eigenvalue weighted by Gasteiger charge is 2.64. The Morgan fingerprint density at radius 1 is 1.40 bits per heavy atom. The molecule has 1 saturated carbocycles. The van der Waals surface area contributed by atoms with Gasteiger partial charge in [0.2, 0.25) is 0 Å². The number of esters is 1. The Kier molecular flexibility index (Phi) is 3.89. The van der Waals surface area contributed by atoms with Gasteiger partial charge in [-0.05, 0) is 32.6 Å². The van der Waals surface area contributed by atoms with Gasteiger partial charge in [0.25, 0.3) is 0 Å². The van der Waals surface area contributed by atoms with Crippen LogP contribution in [0.2, 0.25) is 0 Å². The van der Waals surface area contributed by atoms with E-state index in [9.17, 15) is 9.59 Å². The molecule has 86 valence electrons. The summed E-state index contributed by atoms with van der Waals surface area (Å²) in [6.07, 6.45) is 3.85. The van der Waals surface area contributed by atoms with E-state index in [4.69, 9.17) is 4.74 Å². The summed E-state index contributed by atoms with van der Waals surface area (Å²) in [5, 5.41) is 0. The van der Waals surface area contributed by atoms with Crippen LogP contribution in [-0.2, 0) is 14.3 Å². The lowest BCUT2D eigenvalue weighted by molar-refractivity contribution is -0.153. The summed E-state index contributed by atoms with van der Waals surface area (Å²) in [7, 11) is 0. The van der Waals surface area contributed by atoms with Gasteiger partial charge in [-0.2, -0.15) is 0 Å². The van der Waals surface area contributed by atoms with Crippen LogP contribution in [-0.4, -0.2) is 18.4 Å². The maximum absolute atomic E-state index is 11.7. The van der Waals surface area contributed by atoms with Gasteiger partial charge in [-0.3, -0.25) is 9.59 Å². The average molecular weight is 212 g/mol. The van der Waals surface area contributed by atoms with E-state index in [1.165, 1.54) is 6.92 Å². The van der Waals surface area contributed by atoms with Gasteiger partial charge in [0.1, 0.15) is 11.2 Å². The SMILES string of the molecule is CCCCC1CC1(C(C)=O)C(=O)OCC. The van der Waals surface area contributed by atoms with Crippen molar-refractivity contribution in [1.82, 2.24) is 0 Å². The van der Waals surface area contributed by atoms with Crippen LogP contribution in [0, 0.1) is 11.3 Å². The molecule has 0 aromatic rings. The fraction of sp³-hybridized carbons (Fsp3) is 0.833. The van der Waals surface area contributed by atoms with Gasteiger partial charge in [-0.1, -0.05) is 19.8 Å². The predicted molar refractivity (Wildman–Crippen MR) is 57.4 cm³/mol. The van der Waals surface area contributed by atoms with Crippen LogP contribution < -0.4 is 0 Å². The standard InChI is InChI=1S/C12H20O3/c1-4-6-7-10-8-12(10,9(3)13)11(14)15-5-2/h10H,4-8H2,1-3H3. The maximum atomic E-state index is 11.7. The Labute approximate surface area is 91.2 Å². The van der Waals surface area contributed by atoms with Gasteiger partial charge in [-0.15, -0.1) is 0 Å². The van der Waals surface area contributed by atoms with Gasteiger partial charge in [0.15, 0.2) is 0 Å². The fourth-order valence-electron chi connectivity index (χ4n) is 2.21. The molecule has 0 heterocycles. The van der Waals surface area contributed by atoms with Crippen molar-refractivity contribution in [1.29, 1.82) is 0 Å². The monoisotopic (exact) mass is 212 g/mol. The third-order valence-corrected chi connectivity index (χ3v) is 3.28. The van der Waals surface area contributed by atoms with E-state index in [1.54, 1.807) is 6.92 Å². The van der Waals surface area contributed by atoms with E-state index < -0.39 is 5.41 Å². The van der Waals surface area contributed by atoms with Crippen LogP contribution in [0.25, 0.3) is 0 Å². The summed E-state index contributed by atoms with van der Waals surface area (Å²) in [4.78, 5) is 23.2. The first-order chi connectivity index (χ1) is 7.09. The normalized spacial score (nSPS) is 28.6. The number of ether oxygens (including phenoxy) is 1. The molecule has 0 N–H and O–H groups in total. The lowest BCUT2D eigenvalue weighted by atomic mass is 9.96. The van der Waals surface area contributed by atoms with E-state index in [0.29, 0.717) is 13.0 Å². The molecule has 1 fully saturated rings. The molecule has 15 heavy (non-hydrogen) atoms. The number of carbonyl (C=O) groups excluding carboxylic acids is 2. The van der Waals surface area contributed by atoms with E-state index in [0.717, 1.165) is 19.3 Å². The van der Waals surface area contributed by atoms with Crippen LogP contribution in [0.15, 0.2) is 0 Å². The van der Waals surface area contributed by atoms with Crippen LogP contribution in [0.1, 0.15) is 46.5 Å². The highest BCUT2D eigenvalue weighted by atomic mass is 16.5. The smallest absolute Gasteiger partial charge is 0.319 e. The molecule has 2 unspecified atom stereocenters. The summed E-state index contributed by atoms with van der Waals surface area (Å²) in [5.74, 6) is -0.102. The molecule has 0 saturated heterocycles. The zero-order valence-corrected chi connectivity index (χ0v) is 9.84. The molecule has 0 spiro atoms. The molecule has 3 heteroatoms. The quantitative estimate of drug-likeness (QED) is 0.501. The molecule has 1 aliphatic carbocycles. The zero-order chi connectivity index (χ0) is 11.5. The zero-order valence-electron chi connectivity index (χ0n) is 9.84. The molecule has 0 aromatic carbocycles. The minimum atomic E-state index is -0.773. The second-order valence-corrected chi connectivity index (χ2v) is 4.29. The molecule has 0 bridgehead atoms. The van der Waals surface area contributed by atoms with E-state index in [2.05, 4.69) is 6.92 Å². The largest absolute Gasteiger partial charge is 0.465 e. The molecule has 1 rings (SSSR count). The van der Waals surface area contributed by atoms with E-state index in [1.807, 2.05) is 0 Å². The van der Waals surface area contributed by atoms with Crippen molar-refractivity contribution in [3.63, 3.8) is 0 Å². The molecule has 0 radical (unpaired) electrons. The van der Waals surface area contributed by atoms with Gasteiger partial charge >= 0.3 is 5.97 Å². The highest BCUT2D eigenvalue weighted by Crippen LogP contribution is 2.56. The summed E-state index contributed by atoms with van der Waals surface area (Å²) in [6, 6.07) is 0. The first-order valence-corrected chi connectivity index (χ1v) is 5.77. The molecular formula is C12H20O3. The summed E-state index contributed by atoms with van der Waals surface area (Å²) >= 11 is 0. The molecular weight excluding hydrogens is 192 g/mol. The van der Waals surface area contributed by atoms with Crippen molar-refractivity contribution < 1.29 is 14.3 Å². The first kappa shape index (κ1) is 12.2. The van der Waals surface area contributed by atoms with Crippen molar-refractivity contribution in [3.8, 4) is 0 Å². The summed E-state index contributed by atoms with van der Waals surface area (Å²) < 4.78 is 4.98. The van der Waals surface area contributed by atoms with Crippen molar-refractivity contribution >= 4 is 11.8 Å². The Balaban J connectivity index is 2.61. The average Bonchev–Trinajstić information content (AvgIpc) is 2.90. The Morgan fingerprint density at radius 3 is 2.53 bits per heavy atom. The number of ketones is 1. The van der Waals surface area contributed by atoms with E-state index >= 15 is 0 Å². The third-order valence-electron chi connectivity index (χ3n) is 3.28. The summed E-state index contributed by atoms with van der Waals surface area (Å²) in [5.41, 5.74) is -0.773. The second kappa shape index (κ2) is 4.77. The van der Waals surface area contributed by atoms with Gasteiger partial charge in [0.05, 0.1) is 6.61 Å². The van der Waals surface area contributed by atoms with Crippen LogP contribution in [0.4, 0.5) is 0 Å². The van der Waals surface area contributed by atoms with Gasteiger partial charge < -0.3 is 4.74 Å². The molecule has 0 aromatic heterocycles. The number of carbonyl (C=O) groups is 2. The predicted octanol–water partition coefficient (Wildman–Crippen LogP) is 2.33. The summed E-state index contributed by atoms with van der Waals surface area (Å²) in [6.45, 7) is 5.74. The number of Topliss-reactive ketones (excluding diaryl/α,β-unsaturated/α-hetero) is 1. The molecule has 2 atom stereocenters. The fourth-order valence-corrected chi connectivity index (χ4v) is 2.21. The number of rotatable bonds is 6. The first-order valence-electron chi connectivity index (χ1n) is 5.77. The number of unbranched alkanes of at least 4 members (excludes halogenated alkanes) is 1. The lowest BCUT2D eigenvalue weighted by Crippen LogP contribution is -2.28.